The second-order valence-electron chi connectivity index (χ2n) is 8.22. The van der Waals surface area contributed by atoms with Crippen molar-refractivity contribution in [1.82, 2.24) is 9.62 Å². The first kappa shape index (κ1) is 24.5. The summed E-state index contributed by atoms with van der Waals surface area (Å²) in [5, 5.41) is 5.64. The van der Waals surface area contributed by atoms with Crippen molar-refractivity contribution in [3.63, 3.8) is 0 Å². The van der Waals surface area contributed by atoms with Gasteiger partial charge < -0.3 is 19.8 Å². The maximum Gasteiger partial charge on any atom is 0.291 e. The van der Waals surface area contributed by atoms with E-state index in [1.165, 1.54) is 29.8 Å². The van der Waals surface area contributed by atoms with Crippen LogP contribution < -0.4 is 15.4 Å². The third-order valence-electron chi connectivity index (χ3n) is 5.88. The molecule has 1 aliphatic heterocycles. The Bertz CT molecular complexity index is 1260. The average Bonchev–Trinajstić information content (AvgIpc) is 3.43. The van der Waals surface area contributed by atoms with E-state index in [0.717, 1.165) is 5.56 Å². The minimum atomic E-state index is -3.70. The van der Waals surface area contributed by atoms with Crippen LogP contribution in [-0.2, 0) is 21.4 Å². The molecule has 0 radical (unpaired) electrons. The van der Waals surface area contributed by atoms with Crippen LogP contribution in [0.15, 0.2) is 76.2 Å². The van der Waals surface area contributed by atoms with Gasteiger partial charge in [0.15, 0.2) is 5.76 Å². The summed E-state index contributed by atoms with van der Waals surface area (Å²) in [4.78, 5) is 25.0. The third-order valence-corrected chi connectivity index (χ3v) is 7.76. The van der Waals surface area contributed by atoms with E-state index in [-0.39, 0.29) is 29.0 Å². The highest BCUT2D eigenvalue weighted by molar-refractivity contribution is 7.89. The van der Waals surface area contributed by atoms with E-state index < -0.39 is 15.9 Å². The lowest BCUT2D eigenvalue weighted by Crippen LogP contribution is -2.45. The van der Waals surface area contributed by atoms with Crippen LogP contribution in [0.3, 0.4) is 0 Å². The molecule has 10 heteroatoms. The topological polar surface area (TPSA) is 118 Å². The Morgan fingerprint density at radius 1 is 1.09 bits per heavy atom. The van der Waals surface area contributed by atoms with Gasteiger partial charge in [0.1, 0.15) is 5.75 Å². The van der Waals surface area contributed by atoms with Gasteiger partial charge in [-0.25, -0.2) is 8.42 Å². The Hall–Kier alpha value is -3.63. The van der Waals surface area contributed by atoms with Crippen molar-refractivity contribution in [3.8, 4) is 5.75 Å². The lowest BCUT2D eigenvalue weighted by Gasteiger charge is -2.31. The number of nitrogens with zero attached hydrogens (tertiary/aromatic N) is 1. The molecule has 0 spiro atoms. The van der Waals surface area contributed by atoms with Gasteiger partial charge in [0.05, 0.1) is 24.2 Å². The van der Waals surface area contributed by atoms with Gasteiger partial charge in [-0.2, -0.15) is 4.31 Å². The summed E-state index contributed by atoms with van der Waals surface area (Å²) >= 11 is 0. The van der Waals surface area contributed by atoms with Gasteiger partial charge in [0.2, 0.25) is 15.9 Å². The molecule has 1 aliphatic rings. The fourth-order valence-electron chi connectivity index (χ4n) is 3.91. The Kier molecular flexibility index (Phi) is 7.52. The van der Waals surface area contributed by atoms with Gasteiger partial charge >= 0.3 is 0 Å². The molecule has 1 aromatic heterocycles. The Balaban J connectivity index is 1.31. The van der Waals surface area contributed by atoms with E-state index >= 15 is 0 Å². The number of benzene rings is 2. The number of rotatable bonds is 8. The molecule has 2 aromatic carbocycles. The van der Waals surface area contributed by atoms with E-state index in [1.807, 2.05) is 0 Å². The maximum atomic E-state index is 13.0. The fourth-order valence-corrected chi connectivity index (χ4v) is 5.44. The summed E-state index contributed by atoms with van der Waals surface area (Å²) in [6, 6.07) is 16.5. The van der Waals surface area contributed by atoms with Crippen molar-refractivity contribution in [2.45, 2.75) is 24.3 Å². The fraction of sp³-hybridized carbons (Fsp3) is 0.280. The first-order valence-electron chi connectivity index (χ1n) is 11.2. The third kappa shape index (κ3) is 5.90. The van der Waals surface area contributed by atoms with Crippen molar-refractivity contribution < 1.29 is 27.2 Å². The van der Waals surface area contributed by atoms with Crippen molar-refractivity contribution >= 4 is 27.5 Å². The number of hydrogen-bond donors (Lipinski definition) is 2. The van der Waals surface area contributed by atoms with E-state index in [2.05, 4.69) is 10.6 Å². The summed E-state index contributed by atoms with van der Waals surface area (Å²) in [6.45, 7) is 0.814. The summed E-state index contributed by atoms with van der Waals surface area (Å²) in [5.41, 5.74) is 1.46. The number of methoxy groups -OCH3 is 1. The number of sulfonamides is 1. The van der Waals surface area contributed by atoms with Crippen LogP contribution in [0, 0.1) is 5.92 Å². The summed E-state index contributed by atoms with van der Waals surface area (Å²) < 4.78 is 37.6. The highest BCUT2D eigenvalue weighted by Crippen LogP contribution is 2.25. The van der Waals surface area contributed by atoms with E-state index in [9.17, 15) is 18.0 Å². The molecule has 4 rings (SSSR count). The molecule has 35 heavy (non-hydrogen) atoms. The van der Waals surface area contributed by atoms with Crippen LogP contribution in [0.5, 0.6) is 5.75 Å². The van der Waals surface area contributed by atoms with Crippen molar-refractivity contribution in [1.29, 1.82) is 0 Å². The normalized spacial score (nSPS) is 16.4. The van der Waals surface area contributed by atoms with Crippen LogP contribution in [0.25, 0.3) is 0 Å². The predicted octanol–water partition coefficient (Wildman–Crippen LogP) is 3.26. The number of ether oxygens (including phenoxy) is 1. The molecule has 9 nitrogen and oxygen atoms in total. The first-order chi connectivity index (χ1) is 16.9. The molecule has 1 atom stereocenters. The Labute approximate surface area is 204 Å². The second-order valence-corrected chi connectivity index (χ2v) is 10.2. The standard InChI is InChI=1S/C25H27N3O6S/c1-33-21-10-12-22(13-11-21)35(31,32)28-14-2-4-19(17-28)24(29)26-16-18-6-8-20(9-7-18)27-25(30)23-5-3-15-34-23/h3,5-13,15,19H,2,4,14,16-17H2,1H3,(H,26,29)(H,27,30)/t19-/m1/s1. The van der Waals surface area contributed by atoms with Gasteiger partial charge in [0, 0.05) is 25.3 Å². The van der Waals surface area contributed by atoms with Gasteiger partial charge in [-0.1, -0.05) is 12.1 Å². The van der Waals surface area contributed by atoms with Crippen LogP contribution in [0.4, 0.5) is 5.69 Å². The monoisotopic (exact) mass is 497 g/mol. The quantitative estimate of drug-likeness (QED) is 0.493. The molecule has 1 fully saturated rings. The zero-order valence-corrected chi connectivity index (χ0v) is 20.1. The maximum absolute atomic E-state index is 13.0. The summed E-state index contributed by atoms with van der Waals surface area (Å²) in [5.74, 6) is -0.161. The highest BCUT2D eigenvalue weighted by Gasteiger charge is 2.33. The lowest BCUT2D eigenvalue weighted by atomic mass is 9.99. The molecule has 0 aliphatic carbocycles. The molecule has 184 valence electrons. The number of piperidine rings is 1. The molecule has 2 heterocycles. The van der Waals surface area contributed by atoms with Crippen LogP contribution in [-0.4, -0.2) is 44.7 Å². The lowest BCUT2D eigenvalue weighted by molar-refractivity contribution is -0.126. The Morgan fingerprint density at radius 2 is 1.83 bits per heavy atom. The smallest absolute Gasteiger partial charge is 0.291 e. The summed E-state index contributed by atoms with van der Waals surface area (Å²) in [6.07, 6.45) is 2.66. The molecule has 2 amide bonds. The number of carbonyl (C=O) groups excluding carboxylic acids is 2. The van der Waals surface area contributed by atoms with E-state index in [0.29, 0.717) is 37.4 Å². The number of hydrogen-bond acceptors (Lipinski definition) is 6. The highest BCUT2D eigenvalue weighted by atomic mass is 32.2. The zero-order chi connectivity index (χ0) is 24.8. The molecule has 2 N–H and O–H groups in total. The van der Waals surface area contributed by atoms with Crippen LogP contribution in [0.2, 0.25) is 0 Å². The Morgan fingerprint density at radius 3 is 2.49 bits per heavy atom. The predicted molar refractivity (Wildman–Crippen MR) is 129 cm³/mol. The zero-order valence-electron chi connectivity index (χ0n) is 19.3. The largest absolute Gasteiger partial charge is 0.497 e. The SMILES string of the molecule is COc1ccc(S(=O)(=O)N2CCC[C@@H](C(=O)NCc3ccc(NC(=O)c4ccco4)cc3)C2)cc1. The van der Waals surface area contributed by atoms with Gasteiger partial charge in [-0.15, -0.1) is 0 Å². The average molecular weight is 498 g/mol. The molecule has 0 bridgehead atoms. The molecule has 3 aromatic rings. The van der Waals surface area contributed by atoms with Crippen molar-refractivity contribution in [2.75, 3.05) is 25.5 Å². The minimum Gasteiger partial charge on any atom is -0.497 e. The van der Waals surface area contributed by atoms with Crippen LogP contribution >= 0.6 is 0 Å². The van der Waals surface area contributed by atoms with Gasteiger partial charge in [-0.05, 0) is 66.9 Å². The molecule has 0 saturated carbocycles. The molecular formula is C25H27N3O6S. The molecular weight excluding hydrogens is 470 g/mol. The van der Waals surface area contributed by atoms with Gasteiger partial charge in [0.25, 0.3) is 5.91 Å². The number of nitrogens with one attached hydrogen (secondary N) is 2. The number of carbonyl (C=O) groups is 2. The van der Waals surface area contributed by atoms with E-state index in [4.69, 9.17) is 9.15 Å². The van der Waals surface area contributed by atoms with E-state index in [1.54, 1.807) is 48.5 Å². The number of amides is 2. The van der Waals surface area contributed by atoms with Gasteiger partial charge in [-0.3, -0.25) is 9.59 Å². The summed E-state index contributed by atoms with van der Waals surface area (Å²) in [7, 11) is -2.18. The minimum absolute atomic E-state index is 0.137. The number of furan rings is 1. The van der Waals surface area contributed by atoms with Crippen molar-refractivity contribution in [3.05, 3.63) is 78.3 Å². The molecule has 0 unspecified atom stereocenters. The first-order valence-corrected chi connectivity index (χ1v) is 12.7. The second kappa shape index (κ2) is 10.7. The van der Waals surface area contributed by atoms with Crippen molar-refractivity contribution in [2.24, 2.45) is 5.92 Å². The number of anilines is 1. The van der Waals surface area contributed by atoms with Crippen LogP contribution in [0.1, 0.15) is 29.0 Å². The molecule has 1 saturated heterocycles.